The number of rotatable bonds is 5. The number of nitrogens with zero attached hydrogens (tertiary/aromatic N) is 2. The lowest BCUT2D eigenvalue weighted by Crippen LogP contribution is -2.12. The average molecular weight is 278 g/mol. The lowest BCUT2D eigenvalue weighted by Gasteiger charge is -2.07. The molecule has 2 aromatic rings. The maximum Gasteiger partial charge on any atom is 0.321 e. The van der Waals surface area contributed by atoms with E-state index in [-0.39, 0.29) is 0 Å². The molecule has 0 atom stereocenters. The molecule has 0 spiro atoms. The fourth-order valence-corrected chi connectivity index (χ4v) is 1.70. The zero-order valence-corrected chi connectivity index (χ0v) is 11.7. The lowest BCUT2D eigenvalue weighted by molar-refractivity contribution is 0.437. The number of benzene rings is 1. The molecule has 0 aliphatic heterocycles. The van der Waals surface area contributed by atoms with E-state index in [1.165, 1.54) is 0 Å². The van der Waals surface area contributed by atoms with Gasteiger partial charge in [-0.3, -0.25) is 0 Å². The highest BCUT2D eigenvalue weighted by atomic mass is 35.5. The Labute approximate surface area is 117 Å². The molecule has 0 saturated heterocycles. The second kappa shape index (κ2) is 6.50. The first kappa shape index (κ1) is 13.8. The summed E-state index contributed by atoms with van der Waals surface area (Å²) in [6, 6.07) is 5.80. The Hall–Kier alpha value is -1.65. The van der Waals surface area contributed by atoms with E-state index in [9.17, 15) is 0 Å². The maximum absolute atomic E-state index is 5.94. The molecule has 0 saturated carbocycles. The first-order valence-electron chi connectivity index (χ1n) is 6.14. The molecule has 0 fully saturated rings. The third-order valence-electron chi connectivity index (χ3n) is 2.61. The van der Waals surface area contributed by atoms with Gasteiger partial charge in [0.1, 0.15) is 5.75 Å². The van der Waals surface area contributed by atoms with E-state index < -0.39 is 0 Å². The lowest BCUT2D eigenvalue weighted by atomic mass is 10.2. The van der Waals surface area contributed by atoms with Crippen LogP contribution in [0.3, 0.4) is 0 Å². The summed E-state index contributed by atoms with van der Waals surface area (Å²) in [5, 5.41) is 3.84. The van der Waals surface area contributed by atoms with Crippen LogP contribution < -0.4 is 10.1 Å². The first-order chi connectivity index (χ1) is 9.19. The topological polar surface area (TPSA) is 47.0 Å². The number of halogens is 1. The summed E-state index contributed by atoms with van der Waals surface area (Å²) in [4.78, 5) is 8.36. The summed E-state index contributed by atoms with van der Waals surface area (Å²) in [6.45, 7) is 5.68. The quantitative estimate of drug-likeness (QED) is 0.910. The van der Waals surface area contributed by atoms with Gasteiger partial charge in [0.2, 0.25) is 0 Å². The van der Waals surface area contributed by atoms with Gasteiger partial charge >= 0.3 is 6.01 Å². The van der Waals surface area contributed by atoms with E-state index >= 15 is 0 Å². The van der Waals surface area contributed by atoms with E-state index in [0.29, 0.717) is 16.8 Å². The summed E-state index contributed by atoms with van der Waals surface area (Å²) in [6.07, 6.45) is 3.51. The van der Waals surface area contributed by atoms with Gasteiger partial charge in [0, 0.05) is 29.5 Å². The second-order valence-electron chi connectivity index (χ2n) is 4.17. The van der Waals surface area contributed by atoms with E-state index in [0.717, 1.165) is 24.2 Å². The van der Waals surface area contributed by atoms with Crippen molar-refractivity contribution in [1.29, 1.82) is 0 Å². The number of hydrogen-bond donors (Lipinski definition) is 1. The Morgan fingerprint density at radius 2 is 2.00 bits per heavy atom. The van der Waals surface area contributed by atoms with Crippen LogP contribution in [-0.2, 0) is 6.54 Å². The van der Waals surface area contributed by atoms with Gasteiger partial charge in [0.15, 0.2) is 0 Å². The van der Waals surface area contributed by atoms with Crippen molar-refractivity contribution >= 4 is 11.6 Å². The minimum atomic E-state index is 0.325. The van der Waals surface area contributed by atoms with Crippen molar-refractivity contribution in [2.45, 2.75) is 20.4 Å². The van der Waals surface area contributed by atoms with Gasteiger partial charge in [0.25, 0.3) is 0 Å². The van der Waals surface area contributed by atoms with Crippen LogP contribution in [-0.4, -0.2) is 16.5 Å². The standard InChI is InChI=1S/C14H16ClN3O/c1-3-16-7-11-8-17-14(18-9-11)19-13-6-12(15)5-4-10(13)2/h4-6,8-9,16H,3,7H2,1-2H3. The third-order valence-corrected chi connectivity index (χ3v) is 2.85. The Morgan fingerprint density at radius 3 is 2.68 bits per heavy atom. The van der Waals surface area contributed by atoms with Crippen LogP contribution in [0.5, 0.6) is 11.8 Å². The number of ether oxygens (including phenoxy) is 1. The van der Waals surface area contributed by atoms with E-state index in [1.54, 1.807) is 18.5 Å². The van der Waals surface area contributed by atoms with Crippen molar-refractivity contribution in [3.05, 3.63) is 46.7 Å². The van der Waals surface area contributed by atoms with Crippen LogP contribution in [0.25, 0.3) is 0 Å². The molecular formula is C14H16ClN3O. The summed E-state index contributed by atoms with van der Waals surface area (Å²) in [7, 11) is 0. The fraction of sp³-hybridized carbons (Fsp3) is 0.286. The number of aryl methyl sites for hydroxylation is 1. The van der Waals surface area contributed by atoms with Crippen molar-refractivity contribution < 1.29 is 4.74 Å². The van der Waals surface area contributed by atoms with Gasteiger partial charge < -0.3 is 10.1 Å². The van der Waals surface area contributed by atoms with Crippen LogP contribution in [0.2, 0.25) is 5.02 Å². The molecule has 0 radical (unpaired) electrons. The highest BCUT2D eigenvalue weighted by Gasteiger charge is 2.05. The zero-order valence-electron chi connectivity index (χ0n) is 11.0. The smallest absolute Gasteiger partial charge is 0.321 e. The van der Waals surface area contributed by atoms with E-state index in [1.807, 2.05) is 19.1 Å². The van der Waals surface area contributed by atoms with E-state index in [4.69, 9.17) is 16.3 Å². The van der Waals surface area contributed by atoms with Crippen molar-refractivity contribution in [3.8, 4) is 11.8 Å². The SMILES string of the molecule is CCNCc1cnc(Oc2cc(Cl)ccc2C)nc1. The molecule has 0 bridgehead atoms. The summed E-state index contributed by atoms with van der Waals surface area (Å²) >= 11 is 5.94. The molecule has 1 aromatic carbocycles. The normalized spacial score (nSPS) is 10.5. The zero-order chi connectivity index (χ0) is 13.7. The highest BCUT2D eigenvalue weighted by Crippen LogP contribution is 2.25. The largest absolute Gasteiger partial charge is 0.424 e. The summed E-state index contributed by atoms with van der Waals surface area (Å²) in [5.74, 6) is 0.673. The van der Waals surface area contributed by atoms with Gasteiger partial charge in [-0.1, -0.05) is 24.6 Å². The van der Waals surface area contributed by atoms with Gasteiger partial charge in [0.05, 0.1) is 0 Å². The van der Waals surface area contributed by atoms with Crippen LogP contribution in [0.1, 0.15) is 18.1 Å². The Kier molecular flexibility index (Phi) is 4.71. The molecule has 0 aliphatic carbocycles. The molecule has 1 heterocycles. The molecule has 19 heavy (non-hydrogen) atoms. The summed E-state index contributed by atoms with van der Waals surface area (Å²) < 4.78 is 5.62. The number of nitrogens with one attached hydrogen (secondary N) is 1. The molecule has 100 valence electrons. The van der Waals surface area contributed by atoms with Crippen LogP contribution in [0.15, 0.2) is 30.6 Å². The maximum atomic E-state index is 5.94. The first-order valence-corrected chi connectivity index (χ1v) is 6.52. The Morgan fingerprint density at radius 1 is 1.26 bits per heavy atom. The van der Waals surface area contributed by atoms with Crippen molar-refractivity contribution in [1.82, 2.24) is 15.3 Å². The monoisotopic (exact) mass is 277 g/mol. The summed E-state index contributed by atoms with van der Waals surface area (Å²) in [5.41, 5.74) is 2.02. The van der Waals surface area contributed by atoms with Gasteiger partial charge in [-0.05, 0) is 31.2 Å². The Balaban J connectivity index is 2.08. The van der Waals surface area contributed by atoms with Gasteiger partial charge in [-0.25, -0.2) is 9.97 Å². The van der Waals surface area contributed by atoms with Crippen molar-refractivity contribution in [2.24, 2.45) is 0 Å². The number of aromatic nitrogens is 2. The van der Waals surface area contributed by atoms with Crippen LogP contribution >= 0.6 is 11.6 Å². The minimum Gasteiger partial charge on any atom is -0.424 e. The van der Waals surface area contributed by atoms with Gasteiger partial charge in [-0.2, -0.15) is 0 Å². The molecule has 1 N–H and O–H groups in total. The third kappa shape index (κ3) is 3.91. The molecule has 4 nitrogen and oxygen atoms in total. The number of hydrogen-bond acceptors (Lipinski definition) is 4. The highest BCUT2D eigenvalue weighted by molar-refractivity contribution is 6.30. The molecular weight excluding hydrogens is 262 g/mol. The van der Waals surface area contributed by atoms with Crippen LogP contribution in [0, 0.1) is 6.92 Å². The molecule has 0 aliphatic rings. The molecule has 1 aromatic heterocycles. The van der Waals surface area contributed by atoms with Crippen molar-refractivity contribution in [3.63, 3.8) is 0 Å². The predicted octanol–water partition coefficient (Wildman–Crippen LogP) is 3.34. The van der Waals surface area contributed by atoms with E-state index in [2.05, 4.69) is 22.2 Å². The van der Waals surface area contributed by atoms with Crippen LogP contribution in [0.4, 0.5) is 0 Å². The van der Waals surface area contributed by atoms with Gasteiger partial charge in [-0.15, -0.1) is 0 Å². The second-order valence-corrected chi connectivity index (χ2v) is 4.60. The molecule has 5 heteroatoms. The molecule has 0 unspecified atom stereocenters. The minimum absolute atomic E-state index is 0.325. The van der Waals surface area contributed by atoms with Crippen molar-refractivity contribution in [2.75, 3.05) is 6.54 Å². The fourth-order valence-electron chi connectivity index (χ4n) is 1.54. The predicted molar refractivity (Wildman–Crippen MR) is 75.7 cm³/mol. The molecule has 2 rings (SSSR count). The Bertz CT molecular complexity index is 543. The molecule has 0 amide bonds. The average Bonchev–Trinajstić information content (AvgIpc) is 2.42.